The second-order valence-corrected chi connectivity index (χ2v) is 9.66. The first-order valence-electron chi connectivity index (χ1n) is 12.2. The molecule has 2 saturated heterocycles. The minimum Gasteiger partial charge on any atom is -0.368 e. The lowest BCUT2D eigenvalue weighted by molar-refractivity contribution is -0.132. The minimum absolute atomic E-state index is 0.226. The highest BCUT2D eigenvalue weighted by atomic mass is 35.5. The quantitative estimate of drug-likeness (QED) is 0.544. The van der Waals surface area contributed by atoms with Crippen molar-refractivity contribution >= 4 is 28.9 Å². The number of anilines is 2. The van der Waals surface area contributed by atoms with Crippen LogP contribution in [0.5, 0.6) is 0 Å². The number of rotatable bonds is 5. The van der Waals surface area contributed by atoms with Crippen molar-refractivity contribution in [3.8, 4) is 5.82 Å². The Balaban J connectivity index is 1.13. The normalized spacial score (nSPS) is 17.2. The minimum atomic E-state index is 0.226. The van der Waals surface area contributed by atoms with Gasteiger partial charge in [0.15, 0.2) is 5.82 Å². The van der Waals surface area contributed by atoms with Gasteiger partial charge in [0.1, 0.15) is 0 Å². The fourth-order valence-electron chi connectivity index (χ4n) is 5.08. The molecule has 0 N–H and O–H groups in total. The van der Waals surface area contributed by atoms with Gasteiger partial charge in [-0.1, -0.05) is 17.7 Å². The average molecular weight is 494 g/mol. The van der Waals surface area contributed by atoms with Crippen LogP contribution >= 0.6 is 11.6 Å². The molecule has 9 heteroatoms. The van der Waals surface area contributed by atoms with Gasteiger partial charge in [0.25, 0.3) is 0 Å². The molecule has 1 amide bonds. The van der Waals surface area contributed by atoms with Gasteiger partial charge in [0, 0.05) is 69.3 Å². The van der Waals surface area contributed by atoms with Crippen molar-refractivity contribution in [1.82, 2.24) is 24.6 Å². The lowest BCUT2D eigenvalue weighted by Gasteiger charge is -2.39. The van der Waals surface area contributed by atoms with Crippen LogP contribution in [-0.2, 0) is 4.79 Å². The first kappa shape index (κ1) is 23.6. The summed E-state index contributed by atoms with van der Waals surface area (Å²) in [6.07, 6.45) is 1.79. The molecule has 2 fully saturated rings. The van der Waals surface area contributed by atoms with E-state index in [-0.39, 0.29) is 5.91 Å². The number of carbonyl (C=O) groups is 1. The number of hydrogen-bond donors (Lipinski definition) is 0. The van der Waals surface area contributed by atoms with Gasteiger partial charge in [-0.05, 0) is 50.2 Å². The van der Waals surface area contributed by atoms with Crippen LogP contribution in [-0.4, -0.2) is 89.4 Å². The zero-order valence-electron chi connectivity index (χ0n) is 20.4. The van der Waals surface area contributed by atoms with Crippen LogP contribution in [0.3, 0.4) is 0 Å². The van der Waals surface area contributed by atoms with Crippen molar-refractivity contribution in [3.05, 3.63) is 65.1 Å². The van der Waals surface area contributed by atoms with E-state index in [1.165, 1.54) is 5.69 Å². The topological polar surface area (TPSA) is 60.7 Å². The number of aromatic nitrogens is 3. The lowest BCUT2D eigenvalue weighted by atomic mass is 10.2. The molecule has 5 rings (SSSR count). The Bertz CT molecular complexity index is 1150. The summed E-state index contributed by atoms with van der Waals surface area (Å²) in [6.45, 7) is 11.3. The Morgan fingerprint density at radius 1 is 0.886 bits per heavy atom. The first-order chi connectivity index (χ1) is 17.0. The van der Waals surface area contributed by atoms with Gasteiger partial charge in [-0.3, -0.25) is 9.69 Å². The number of piperazine rings is 2. The Hall–Kier alpha value is -3.10. The van der Waals surface area contributed by atoms with E-state index in [1.54, 1.807) is 6.20 Å². The van der Waals surface area contributed by atoms with Crippen molar-refractivity contribution in [2.75, 3.05) is 68.7 Å². The molecule has 1 aromatic carbocycles. The summed E-state index contributed by atoms with van der Waals surface area (Å²) < 4.78 is 1.92. The third-order valence-electron chi connectivity index (χ3n) is 6.99. The second kappa shape index (κ2) is 10.3. The average Bonchev–Trinajstić information content (AvgIpc) is 3.19. The van der Waals surface area contributed by atoms with Gasteiger partial charge in [-0.15, -0.1) is 0 Å². The van der Waals surface area contributed by atoms with Crippen LogP contribution in [0, 0.1) is 13.8 Å². The highest BCUT2D eigenvalue weighted by Gasteiger charge is 2.27. The van der Waals surface area contributed by atoms with Crippen LogP contribution < -0.4 is 9.80 Å². The molecule has 4 heterocycles. The fraction of sp³-hybridized carbons (Fsp3) is 0.423. The number of amides is 1. The van der Waals surface area contributed by atoms with Crippen molar-refractivity contribution in [3.63, 3.8) is 0 Å². The van der Waals surface area contributed by atoms with Crippen molar-refractivity contribution in [2.24, 2.45) is 0 Å². The van der Waals surface area contributed by atoms with E-state index in [0.717, 1.165) is 80.3 Å². The molecule has 2 aliphatic heterocycles. The molecule has 3 aromatic rings. The first-order valence-corrected chi connectivity index (χ1v) is 12.6. The molecule has 2 aliphatic rings. The summed E-state index contributed by atoms with van der Waals surface area (Å²) in [5.41, 5.74) is 4.45. The summed E-state index contributed by atoms with van der Waals surface area (Å²) in [5, 5.41) is 5.49. The number of halogens is 1. The third-order valence-corrected chi connectivity index (χ3v) is 7.24. The predicted molar refractivity (Wildman–Crippen MR) is 140 cm³/mol. The van der Waals surface area contributed by atoms with E-state index >= 15 is 0 Å². The smallest absolute Gasteiger partial charge is 0.236 e. The van der Waals surface area contributed by atoms with Gasteiger partial charge >= 0.3 is 0 Å². The molecule has 0 bridgehead atoms. The van der Waals surface area contributed by atoms with Crippen molar-refractivity contribution < 1.29 is 4.79 Å². The van der Waals surface area contributed by atoms with E-state index < -0.39 is 0 Å². The van der Waals surface area contributed by atoms with E-state index in [2.05, 4.69) is 33.5 Å². The summed E-state index contributed by atoms with van der Waals surface area (Å²) in [6, 6.07) is 13.8. The maximum atomic E-state index is 13.0. The number of nitrogens with zero attached hydrogens (tertiary/aromatic N) is 7. The largest absolute Gasteiger partial charge is 0.368 e. The van der Waals surface area contributed by atoms with Crippen LogP contribution in [0.4, 0.5) is 11.4 Å². The highest BCUT2D eigenvalue weighted by Crippen LogP contribution is 2.27. The molecule has 184 valence electrons. The maximum absolute atomic E-state index is 13.0. The molecule has 8 nitrogen and oxygen atoms in total. The molecular formula is C26H32ClN7O. The van der Waals surface area contributed by atoms with Gasteiger partial charge in [0.2, 0.25) is 5.91 Å². The van der Waals surface area contributed by atoms with Gasteiger partial charge in [-0.2, -0.15) is 5.10 Å². The van der Waals surface area contributed by atoms with Crippen LogP contribution in [0.2, 0.25) is 5.02 Å². The molecule has 0 aliphatic carbocycles. The second-order valence-electron chi connectivity index (χ2n) is 9.23. The number of aryl methyl sites for hydroxylation is 1. The lowest BCUT2D eigenvalue weighted by Crippen LogP contribution is -2.54. The molecule has 0 unspecified atom stereocenters. The van der Waals surface area contributed by atoms with E-state index in [0.29, 0.717) is 6.54 Å². The molecule has 0 saturated carbocycles. The number of benzene rings is 1. The SMILES string of the molecule is Cc1nn(-c2ccccn2)c(C)c1N1CCN(CC(=O)N2CCN(c3ccc(Cl)cc3)CC2)CC1. The van der Waals surface area contributed by atoms with Gasteiger partial charge in [-0.25, -0.2) is 9.67 Å². The molecule has 0 spiro atoms. The van der Waals surface area contributed by atoms with Crippen LogP contribution in [0.15, 0.2) is 48.7 Å². The van der Waals surface area contributed by atoms with Crippen LogP contribution in [0.1, 0.15) is 11.4 Å². The molecule has 2 aromatic heterocycles. The summed E-state index contributed by atoms with van der Waals surface area (Å²) in [4.78, 5) is 26.4. The van der Waals surface area contributed by atoms with Crippen LogP contribution in [0.25, 0.3) is 5.82 Å². The molecule has 35 heavy (non-hydrogen) atoms. The number of carbonyl (C=O) groups excluding carboxylic acids is 1. The maximum Gasteiger partial charge on any atom is 0.236 e. The van der Waals surface area contributed by atoms with Crippen molar-refractivity contribution in [2.45, 2.75) is 13.8 Å². The number of pyridine rings is 1. The van der Waals surface area contributed by atoms with Crippen molar-refractivity contribution in [1.29, 1.82) is 0 Å². The molecule has 0 radical (unpaired) electrons. The zero-order chi connectivity index (χ0) is 24.4. The standard InChI is InChI=1S/C26H32ClN7O/c1-20-26(21(2)34(29-20)24-5-3-4-10-28-24)33-13-11-30(12-14-33)19-25(35)32-17-15-31(16-18-32)23-8-6-22(27)7-9-23/h3-10H,11-19H2,1-2H3. The Morgan fingerprint density at radius 3 is 2.23 bits per heavy atom. The Kier molecular flexibility index (Phi) is 6.92. The number of hydrogen-bond acceptors (Lipinski definition) is 6. The Labute approximate surface area is 211 Å². The summed E-state index contributed by atoms with van der Waals surface area (Å²) >= 11 is 6.01. The third kappa shape index (κ3) is 5.13. The van der Waals surface area contributed by atoms with Gasteiger partial charge < -0.3 is 14.7 Å². The highest BCUT2D eigenvalue weighted by molar-refractivity contribution is 6.30. The summed E-state index contributed by atoms with van der Waals surface area (Å²) in [5.74, 6) is 1.06. The zero-order valence-corrected chi connectivity index (χ0v) is 21.2. The summed E-state index contributed by atoms with van der Waals surface area (Å²) in [7, 11) is 0. The fourth-order valence-corrected chi connectivity index (χ4v) is 5.21. The van der Waals surface area contributed by atoms with E-state index in [1.807, 2.05) is 52.0 Å². The van der Waals surface area contributed by atoms with Gasteiger partial charge in [0.05, 0.1) is 23.6 Å². The Morgan fingerprint density at radius 2 is 1.57 bits per heavy atom. The van der Waals surface area contributed by atoms with E-state index in [9.17, 15) is 4.79 Å². The monoisotopic (exact) mass is 493 g/mol. The molecule has 0 atom stereocenters. The predicted octanol–water partition coefficient (Wildman–Crippen LogP) is 3.01. The molecular weight excluding hydrogens is 462 g/mol. The van der Waals surface area contributed by atoms with E-state index in [4.69, 9.17) is 16.7 Å².